The van der Waals surface area contributed by atoms with E-state index in [0.29, 0.717) is 11.7 Å². The van der Waals surface area contributed by atoms with Crippen LogP contribution in [0.5, 0.6) is 0 Å². The van der Waals surface area contributed by atoms with E-state index in [9.17, 15) is 4.79 Å². The number of carbonyl (C=O) groups excluding carboxylic acids is 1. The zero-order chi connectivity index (χ0) is 7.44. The van der Waals surface area contributed by atoms with Crippen LogP contribution in [0.25, 0.3) is 0 Å². The summed E-state index contributed by atoms with van der Waals surface area (Å²) in [6.45, 7) is 7.92. The summed E-state index contributed by atoms with van der Waals surface area (Å²) < 4.78 is 0. The molecule has 0 saturated carbocycles. The van der Waals surface area contributed by atoms with Crippen molar-refractivity contribution in [3.8, 4) is 0 Å². The van der Waals surface area contributed by atoms with Crippen molar-refractivity contribution in [3.05, 3.63) is 0 Å². The number of ketones is 1. The van der Waals surface area contributed by atoms with Gasteiger partial charge in [-0.15, -0.1) is 0 Å². The molecule has 2 heteroatoms. The Bertz CT molecular complexity index is 99.4. The zero-order valence-electron chi connectivity index (χ0n) is 7.48. The second-order valence-corrected chi connectivity index (χ2v) is 3.14. The van der Waals surface area contributed by atoms with Crippen molar-refractivity contribution >= 4 is 5.78 Å². The highest BCUT2D eigenvalue weighted by Crippen LogP contribution is 2.10. The molecule has 0 radical (unpaired) electrons. The second kappa shape index (κ2) is 5.42. The summed E-state index contributed by atoms with van der Waals surface area (Å²) in [4.78, 5) is 10.7. The third-order valence-electron chi connectivity index (χ3n) is 1.52. The van der Waals surface area contributed by atoms with Gasteiger partial charge in [-0.1, -0.05) is 20.8 Å². The molecule has 0 spiro atoms. The largest absolute Gasteiger partial charge is 0.344 e. The number of Topliss-reactive ketones (excluding diaryl/α,β-unsaturated/α-hetero) is 1. The standard InChI is InChI=1S/C8H16O.H3N/c1-6(2)5-7(3)8(4)9;/h6-7H,5H2,1-4H3;1H3. The van der Waals surface area contributed by atoms with Gasteiger partial charge in [0.1, 0.15) is 5.78 Å². The topological polar surface area (TPSA) is 52.1 Å². The lowest BCUT2D eigenvalue weighted by molar-refractivity contribution is -0.120. The Labute approximate surface area is 63.6 Å². The fourth-order valence-corrected chi connectivity index (χ4v) is 0.873. The van der Waals surface area contributed by atoms with Crippen LogP contribution < -0.4 is 6.15 Å². The Morgan fingerprint density at radius 3 is 1.80 bits per heavy atom. The highest BCUT2D eigenvalue weighted by molar-refractivity contribution is 5.77. The fourth-order valence-electron chi connectivity index (χ4n) is 0.873. The minimum absolute atomic E-state index is 0. The SMILES string of the molecule is CC(=O)C(C)CC(C)C.N. The molecule has 0 heterocycles. The Balaban J connectivity index is 0. The quantitative estimate of drug-likeness (QED) is 0.663. The van der Waals surface area contributed by atoms with E-state index in [2.05, 4.69) is 13.8 Å². The molecule has 0 amide bonds. The van der Waals surface area contributed by atoms with Crippen molar-refractivity contribution in [2.75, 3.05) is 0 Å². The van der Waals surface area contributed by atoms with Gasteiger partial charge in [-0.2, -0.15) is 0 Å². The summed E-state index contributed by atoms with van der Waals surface area (Å²) in [6.07, 6.45) is 1.02. The van der Waals surface area contributed by atoms with Crippen LogP contribution in [0.1, 0.15) is 34.1 Å². The Hall–Kier alpha value is -0.370. The molecule has 0 bridgehead atoms. The maximum Gasteiger partial charge on any atom is 0.132 e. The lowest BCUT2D eigenvalue weighted by Crippen LogP contribution is -2.08. The first kappa shape index (κ1) is 12.3. The van der Waals surface area contributed by atoms with E-state index in [4.69, 9.17) is 0 Å². The molecular weight excluding hydrogens is 126 g/mol. The number of hydrogen-bond acceptors (Lipinski definition) is 2. The molecule has 1 atom stereocenters. The first-order valence-corrected chi connectivity index (χ1v) is 3.54. The molecule has 0 aliphatic heterocycles. The number of hydrogen-bond donors (Lipinski definition) is 1. The molecule has 0 aromatic heterocycles. The third-order valence-corrected chi connectivity index (χ3v) is 1.52. The van der Waals surface area contributed by atoms with Crippen molar-refractivity contribution in [2.45, 2.75) is 34.1 Å². The van der Waals surface area contributed by atoms with Crippen molar-refractivity contribution in [1.29, 1.82) is 0 Å². The minimum Gasteiger partial charge on any atom is -0.344 e. The van der Waals surface area contributed by atoms with Gasteiger partial charge < -0.3 is 6.15 Å². The molecule has 1 unspecified atom stereocenters. The molecule has 0 aromatic carbocycles. The lowest BCUT2D eigenvalue weighted by Gasteiger charge is -2.08. The smallest absolute Gasteiger partial charge is 0.132 e. The molecule has 10 heavy (non-hydrogen) atoms. The fraction of sp³-hybridized carbons (Fsp3) is 0.875. The molecule has 0 saturated heterocycles. The van der Waals surface area contributed by atoms with Crippen molar-refractivity contribution in [1.82, 2.24) is 6.15 Å². The molecule has 2 nitrogen and oxygen atoms in total. The second-order valence-electron chi connectivity index (χ2n) is 3.14. The predicted molar refractivity (Wildman–Crippen MR) is 44.3 cm³/mol. The van der Waals surface area contributed by atoms with Crippen molar-refractivity contribution in [3.63, 3.8) is 0 Å². The highest BCUT2D eigenvalue weighted by atomic mass is 16.1. The summed E-state index contributed by atoms with van der Waals surface area (Å²) >= 11 is 0. The van der Waals surface area contributed by atoms with Crippen LogP contribution in [0.4, 0.5) is 0 Å². The summed E-state index contributed by atoms with van der Waals surface area (Å²) in [5.41, 5.74) is 0. The average molecular weight is 145 g/mol. The van der Waals surface area contributed by atoms with E-state index in [1.54, 1.807) is 6.92 Å². The lowest BCUT2D eigenvalue weighted by atomic mass is 9.96. The molecular formula is C8H19NO. The predicted octanol–water partition coefficient (Wildman–Crippen LogP) is 2.42. The first-order chi connectivity index (χ1) is 4.04. The van der Waals surface area contributed by atoms with Gasteiger partial charge in [0.25, 0.3) is 0 Å². The molecule has 0 fully saturated rings. The van der Waals surface area contributed by atoms with Gasteiger partial charge >= 0.3 is 0 Å². The summed E-state index contributed by atoms with van der Waals surface area (Å²) in [7, 11) is 0. The molecule has 3 N–H and O–H groups in total. The molecule has 62 valence electrons. The first-order valence-electron chi connectivity index (χ1n) is 3.54. The van der Waals surface area contributed by atoms with E-state index < -0.39 is 0 Å². The number of carbonyl (C=O) groups is 1. The Kier molecular flexibility index (Phi) is 6.67. The number of rotatable bonds is 3. The van der Waals surface area contributed by atoms with Crippen LogP contribution in [-0.4, -0.2) is 5.78 Å². The van der Waals surface area contributed by atoms with Crippen molar-refractivity contribution < 1.29 is 4.79 Å². The van der Waals surface area contributed by atoms with E-state index >= 15 is 0 Å². The van der Waals surface area contributed by atoms with Crippen LogP contribution in [0.3, 0.4) is 0 Å². The van der Waals surface area contributed by atoms with Gasteiger partial charge in [-0.25, -0.2) is 0 Å². The van der Waals surface area contributed by atoms with Crippen LogP contribution >= 0.6 is 0 Å². The van der Waals surface area contributed by atoms with E-state index in [-0.39, 0.29) is 12.1 Å². The summed E-state index contributed by atoms with van der Waals surface area (Å²) in [5.74, 6) is 1.21. The van der Waals surface area contributed by atoms with Gasteiger partial charge in [0, 0.05) is 5.92 Å². The van der Waals surface area contributed by atoms with Crippen LogP contribution in [-0.2, 0) is 4.79 Å². The molecule has 0 rings (SSSR count). The summed E-state index contributed by atoms with van der Waals surface area (Å²) in [6, 6.07) is 0. The Morgan fingerprint density at radius 1 is 1.30 bits per heavy atom. The molecule has 0 aliphatic carbocycles. The van der Waals surface area contributed by atoms with E-state index in [0.717, 1.165) is 6.42 Å². The molecule has 0 aliphatic rings. The monoisotopic (exact) mass is 145 g/mol. The average Bonchev–Trinajstić information content (AvgIpc) is 1.63. The molecule has 0 aromatic rings. The van der Waals surface area contributed by atoms with Crippen molar-refractivity contribution in [2.24, 2.45) is 11.8 Å². The zero-order valence-corrected chi connectivity index (χ0v) is 7.48. The Morgan fingerprint density at radius 2 is 1.70 bits per heavy atom. The van der Waals surface area contributed by atoms with Crippen LogP contribution in [0.15, 0.2) is 0 Å². The van der Waals surface area contributed by atoms with Gasteiger partial charge in [-0.05, 0) is 19.3 Å². The van der Waals surface area contributed by atoms with Gasteiger partial charge in [0.05, 0.1) is 0 Å². The maximum atomic E-state index is 10.7. The van der Waals surface area contributed by atoms with E-state index in [1.165, 1.54) is 0 Å². The van der Waals surface area contributed by atoms with Gasteiger partial charge in [-0.3, -0.25) is 4.79 Å². The summed E-state index contributed by atoms with van der Waals surface area (Å²) in [5, 5.41) is 0. The maximum absolute atomic E-state index is 10.7. The normalized spacial score (nSPS) is 12.5. The van der Waals surface area contributed by atoms with Crippen LogP contribution in [0.2, 0.25) is 0 Å². The van der Waals surface area contributed by atoms with Gasteiger partial charge in [0.2, 0.25) is 0 Å². The van der Waals surface area contributed by atoms with E-state index in [1.807, 2.05) is 6.92 Å². The highest BCUT2D eigenvalue weighted by Gasteiger charge is 2.08. The van der Waals surface area contributed by atoms with Gasteiger partial charge in [0.15, 0.2) is 0 Å². The van der Waals surface area contributed by atoms with Crippen LogP contribution in [0, 0.1) is 11.8 Å². The third kappa shape index (κ3) is 5.76. The minimum atomic E-state index is 0.